The van der Waals surface area contributed by atoms with E-state index in [0.717, 1.165) is 0 Å². The smallest absolute Gasteiger partial charge is 0.251 e. The van der Waals surface area contributed by atoms with Crippen molar-refractivity contribution in [2.24, 2.45) is 5.73 Å². The number of nitrogens with two attached hydrogens (primary N) is 1. The highest BCUT2D eigenvalue weighted by molar-refractivity contribution is 7.89. The Kier molecular flexibility index (Phi) is 8.11. The standard InChI is InChI=1S/C15H23N3O4S.ClH/c1-2-12-3-4-13(15(19)17-6-5-16)11-14(12)23(20,21)18-7-9-22-10-8-18;/h3-4,11H,2,5-10,16H2,1H3,(H,17,19);1H. The molecule has 0 saturated carbocycles. The summed E-state index contributed by atoms with van der Waals surface area (Å²) in [5.74, 6) is -0.323. The van der Waals surface area contributed by atoms with Crippen molar-refractivity contribution >= 4 is 28.3 Å². The minimum atomic E-state index is -3.63. The summed E-state index contributed by atoms with van der Waals surface area (Å²) in [6.07, 6.45) is 0.573. The maximum Gasteiger partial charge on any atom is 0.251 e. The van der Waals surface area contributed by atoms with E-state index in [9.17, 15) is 13.2 Å². The number of nitrogens with zero attached hydrogens (tertiary/aromatic N) is 1. The lowest BCUT2D eigenvalue weighted by molar-refractivity contribution is 0.0730. The van der Waals surface area contributed by atoms with Crippen LogP contribution in [0.4, 0.5) is 0 Å². The highest BCUT2D eigenvalue weighted by Crippen LogP contribution is 2.23. The molecule has 0 radical (unpaired) electrons. The van der Waals surface area contributed by atoms with E-state index >= 15 is 0 Å². The predicted molar refractivity (Wildman–Crippen MR) is 94.0 cm³/mol. The summed E-state index contributed by atoms with van der Waals surface area (Å²) >= 11 is 0. The molecule has 1 aliphatic rings. The third kappa shape index (κ3) is 4.67. The van der Waals surface area contributed by atoms with Crippen molar-refractivity contribution in [2.45, 2.75) is 18.2 Å². The average Bonchev–Trinajstić information content (AvgIpc) is 2.59. The number of halogens is 1. The highest BCUT2D eigenvalue weighted by Gasteiger charge is 2.28. The number of nitrogens with one attached hydrogen (secondary N) is 1. The molecule has 24 heavy (non-hydrogen) atoms. The van der Waals surface area contributed by atoms with Gasteiger partial charge < -0.3 is 15.8 Å². The molecule has 2 rings (SSSR count). The van der Waals surface area contributed by atoms with Crippen LogP contribution in [0, 0.1) is 0 Å². The summed E-state index contributed by atoms with van der Waals surface area (Å²) in [6, 6.07) is 4.79. The molecule has 1 heterocycles. The lowest BCUT2D eigenvalue weighted by atomic mass is 10.1. The van der Waals surface area contributed by atoms with Crippen molar-refractivity contribution in [3.05, 3.63) is 29.3 Å². The lowest BCUT2D eigenvalue weighted by Gasteiger charge is -2.27. The molecule has 1 fully saturated rings. The Morgan fingerprint density at radius 3 is 2.58 bits per heavy atom. The Morgan fingerprint density at radius 1 is 1.33 bits per heavy atom. The predicted octanol–water partition coefficient (Wildman–Crippen LogP) is 0.380. The van der Waals surface area contributed by atoms with Gasteiger partial charge in [-0.2, -0.15) is 4.31 Å². The van der Waals surface area contributed by atoms with E-state index in [0.29, 0.717) is 56.9 Å². The SMILES string of the molecule is CCc1ccc(C(=O)NCCN)cc1S(=O)(=O)N1CCOCC1.Cl. The molecule has 0 spiro atoms. The molecule has 9 heteroatoms. The largest absolute Gasteiger partial charge is 0.379 e. The fourth-order valence-corrected chi connectivity index (χ4v) is 4.17. The van der Waals surface area contributed by atoms with Gasteiger partial charge in [-0.15, -0.1) is 12.4 Å². The van der Waals surface area contributed by atoms with Crippen LogP contribution in [-0.4, -0.2) is 58.0 Å². The molecule has 1 aliphatic heterocycles. The van der Waals surface area contributed by atoms with Gasteiger partial charge in [-0.3, -0.25) is 4.79 Å². The minimum absolute atomic E-state index is 0. The van der Waals surface area contributed by atoms with Crippen LogP contribution in [0.5, 0.6) is 0 Å². The van der Waals surface area contributed by atoms with Crippen molar-refractivity contribution in [1.82, 2.24) is 9.62 Å². The van der Waals surface area contributed by atoms with Crippen molar-refractivity contribution in [1.29, 1.82) is 0 Å². The third-order valence-electron chi connectivity index (χ3n) is 3.73. The van der Waals surface area contributed by atoms with Crippen LogP contribution in [0.3, 0.4) is 0 Å². The maximum atomic E-state index is 12.9. The fraction of sp³-hybridized carbons (Fsp3) is 0.533. The normalized spacial score (nSPS) is 15.6. The highest BCUT2D eigenvalue weighted by atomic mass is 35.5. The molecule has 0 aromatic heterocycles. The zero-order valence-electron chi connectivity index (χ0n) is 13.7. The second-order valence-electron chi connectivity index (χ2n) is 5.24. The number of morpholine rings is 1. The molecule has 0 aliphatic carbocycles. The number of carbonyl (C=O) groups excluding carboxylic acids is 1. The molecule has 0 unspecified atom stereocenters. The number of amides is 1. The zero-order chi connectivity index (χ0) is 16.9. The molecule has 1 aromatic rings. The van der Waals surface area contributed by atoms with Crippen LogP contribution < -0.4 is 11.1 Å². The molecular weight excluding hydrogens is 354 g/mol. The maximum absolute atomic E-state index is 12.9. The number of rotatable bonds is 6. The number of carbonyl (C=O) groups is 1. The van der Waals surface area contributed by atoms with Crippen LogP contribution in [0.1, 0.15) is 22.8 Å². The van der Waals surface area contributed by atoms with E-state index in [1.807, 2.05) is 6.92 Å². The lowest BCUT2D eigenvalue weighted by Crippen LogP contribution is -2.41. The molecule has 136 valence electrons. The molecule has 0 atom stereocenters. The van der Waals surface area contributed by atoms with Gasteiger partial charge in [0, 0.05) is 31.7 Å². The van der Waals surface area contributed by atoms with Crippen LogP contribution in [0.25, 0.3) is 0 Å². The molecule has 7 nitrogen and oxygen atoms in total. The molecule has 1 saturated heterocycles. The summed E-state index contributed by atoms with van der Waals surface area (Å²) in [5.41, 5.74) is 6.39. The van der Waals surface area contributed by atoms with Gasteiger partial charge in [-0.25, -0.2) is 8.42 Å². The molecule has 1 amide bonds. The van der Waals surface area contributed by atoms with Crippen molar-refractivity contribution in [3.8, 4) is 0 Å². The fourth-order valence-electron chi connectivity index (χ4n) is 2.44. The first kappa shape index (κ1) is 20.9. The van der Waals surface area contributed by atoms with Crippen molar-refractivity contribution < 1.29 is 17.9 Å². The van der Waals surface area contributed by atoms with Gasteiger partial charge in [0.05, 0.1) is 18.1 Å². The van der Waals surface area contributed by atoms with Gasteiger partial charge in [0.1, 0.15) is 0 Å². The van der Waals surface area contributed by atoms with E-state index in [2.05, 4.69) is 5.32 Å². The molecular formula is C15H24ClN3O4S. The topological polar surface area (TPSA) is 102 Å². The Balaban J connectivity index is 0.00000288. The number of sulfonamides is 1. The van der Waals surface area contributed by atoms with E-state index in [-0.39, 0.29) is 23.2 Å². The Morgan fingerprint density at radius 2 is 2.00 bits per heavy atom. The first-order valence-electron chi connectivity index (χ1n) is 7.69. The second kappa shape index (κ2) is 9.33. The number of hydrogen-bond acceptors (Lipinski definition) is 5. The van der Waals surface area contributed by atoms with E-state index in [4.69, 9.17) is 10.5 Å². The van der Waals surface area contributed by atoms with E-state index < -0.39 is 10.0 Å². The quantitative estimate of drug-likeness (QED) is 0.746. The summed E-state index contributed by atoms with van der Waals surface area (Å²) in [5, 5.41) is 2.65. The Bertz CT molecular complexity index is 661. The molecule has 3 N–H and O–H groups in total. The van der Waals surface area contributed by atoms with Crippen LogP contribution in [-0.2, 0) is 21.2 Å². The van der Waals surface area contributed by atoms with Gasteiger partial charge >= 0.3 is 0 Å². The zero-order valence-corrected chi connectivity index (χ0v) is 15.3. The number of ether oxygens (including phenoxy) is 1. The summed E-state index contributed by atoms with van der Waals surface area (Å²) in [6.45, 7) is 4.00. The monoisotopic (exact) mass is 377 g/mol. The summed E-state index contributed by atoms with van der Waals surface area (Å²) in [4.78, 5) is 12.3. The van der Waals surface area contributed by atoms with Gasteiger partial charge in [-0.1, -0.05) is 13.0 Å². The molecule has 0 bridgehead atoms. The number of benzene rings is 1. The summed E-state index contributed by atoms with van der Waals surface area (Å²) in [7, 11) is -3.63. The van der Waals surface area contributed by atoms with Crippen LogP contribution in [0.2, 0.25) is 0 Å². The molecule has 1 aromatic carbocycles. The first-order chi connectivity index (χ1) is 11.0. The van der Waals surface area contributed by atoms with Crippen molar-refractivity contribution in [3.63, 3.8) is 0 Å². The van der Waals surface area contributed by atoms with E-state index in [1.165, 1.54) is 10.4 Å². The van der Waals surface area contributed by atoms with Gasteiger partial charge in [-0.05, 0) is 24.1 Å². The van der Waals surface area contributed by atoms with Crippen LogP contribution >= 0.6 is 12.4 Å². The Hall–Kier alpha value is -1.19. The number of aryl methyl sites for hydroxylation is 1. The van der Waals surface area contributed by atoms with Gasteiger partial charge in [0.25, 0.3) is 5.91 Å². The third-order valence-corrected chi connectivity index (χ3v) is 5.71. The van der Waals surface area contributed by atoms with Gasteiger partial charge in [0.15, 0.2) is 0 Å². The average molecular weight is 378 g/mol. The van der Waals surface area contributed by atoms with Crippen molar-refractivity contribution in [2.75, 3.05) is 39.4 Å². The second-order valence-corrected chi connectivity index (χ2v) is 7.14. The Labute approximate surface area is 149 Å². The first-order valence-corrected chi connectivity index (χ1v) is 9.13. The van der Waals surface area contributed by atoms with E-state index in [1.54, 1.807) is 12.1 Å². The van der Waals surface area contributed by atoms with Gasteiger partial charge in [0.2, 0.25) is 10.0 Å². The summed E-state index contributed by atoms with van der Waals surface area (Å²) < 4.78 is 32.4. The minimum Gasteiger partial charge on any atom is -0.379 e. The van der Waals surface area contributed by atoms with Crippen LogP contribution in [0.15, 0.2) is 23.1 Å². The number of hydrogen-bond donors (Lipinski definition) is 2.